The molecule has 0 unspecified atom stereocenters. The fourth-order valence-corrected chi connectivity index (χ4v) is 2.85. The normalized spacial score (nSPS) is 10.2. The maximum absolute atomic E-state index is 12.0. The van der Waals surface area contributed by atoms with Gasteiger partial charge in [0.15, 0.2) is 0 Å². The average Bonchev–Trinajstić information content (AvgIpc) is 2.52. The zero-order valence-electron chi connectivity index (χ0n) is 11.2. The van der Waals surface area contributed by atoms with E-state index < -0.39 is 0 Å². The van der Waals surface area contributed by atoms with Crippen LogP contribution in [0.1, 0.15) is 15.9 Å². The van der Waals surface area contributed by atoms with E-state index in [1.165, 1.54) is 0 Å². The number of benzene rings is 2. The van der Waals surface area contributed by atoms with Gasteiger partial charge in [0.1, 0.15) is 0 Å². The maximum atomic E-state index is 12.0. The predicted octanol–water partition coefficient (Wildman–Crippen LogP) is 2.71. The van der Waals surface area contributed by atoms with Gasteiger partial charge in [-0.15, -0.1) is 0 Å². The van der Waals surface area contributed by atoms with Crippen LogP contribution in [-0.4, -0.2) is 32.3 Å². The van der Waals surface area contributed by atoms with Crippen molar-refractivity contribution in [1.29, 1.82) is 0 Å². The van der Waals surface area contributed by atoms with Crippen molar-refractivity contribution >= 4 is 19.6 Å². The van der Waals surface area contributed by atoms with Gasteiger partial charge in [0.05, 0.1) is 0 Å². The molecular formula is C16H16O3Se. The summed E-state index contributed by atoms with van der Waals surface area (Å²) in [5, 5.41) is 0. The Bertz CT molecular complexity index is 537. The standard InChI is InChI=1S/C16H16O3Se/c1-18-15-9-7-14(8-10-15)16(17)20-12-19-11-13-5-3-2-4-6-13/h2-10H,11-12H2,1H3. The quantitative estimate of drug-likeness (QED) is 0.577. The van der Waals surface area contributed by atoms with Gasteiger partial charge in [-0.3, -0.25) is 0 Å². The van der Waals surface area contributed by atoms with E-state index in [-0.39, 0.29) is 19.6 Å². The number of hydrogen-bond donors (Lipinski definition) is 0. The topological polar surface area (TPSA) is 35.5 Å². The van der Waals surface area contributed by atoms with Crippen molar-refractivity contribution in [3.63, 3.8) is 0 Å². The molecule has 20 heavy (non-hydrogen) atoms. The molecule has 2 aromatic rings. The Balaban J connectivity index is 1.74. The number of ether oxygens (including phenoxy) is 2. The van der Waals surface area contributed by atoms with E-state index in [0.717, 1.165) is 11.3 Å². The molecule has 0 atom stereocenters. The van der Waals surface area contributed by atoms with Crippen LogP contribution in [0.5, 0.6) is 5.75 Å². The van der Waals surface area contributed by atoms with E-state index in [1.54, 1.807) is 31.4 Å². The fourth-order valence-electron chi connectivity index (χ4n) is 1.64. The van der Waals surface area contributed by atoms with Gasteiger partial charge in [0.25, 0.3) is 0 Å². The summed E-state index contributed by atoms with van der Waals surface area (Å²) in [4.78, 5) is 12.0. The molecule has 0 amide bonds. The summed E-state index contributed by atoms with van der Waals surface area (Å²) in [5.74, 6) is 0.759. The summed E-state index contributed by atoms with van der Waals surface area (Å²) >= 11 is -0.191. The zero-order valence-corrected chi connectivity index (χ0v) is 13.0. The molecule has 0 aliphatic carbocycles. The molecule has 0 spiro atoms. The molecule has 0 bridgehead atoms. The Morgan fingerprint density at radius 3 is 2.40 bits per heavy atom. The van der Waals surface area contributed by atoms with E-state index in [9.17, 15) is 4.79 Å². The van der Waals surface area contributed by atoms with Gasteiger partial charge in [-0.2, -0.15) is 0 Å². The molecule has 0 saturated carbocycles. The SMILES string of the molecule is COc1ccc(C(=O)[Se]COCc2ccccc2)cc1. The Kier molecular flexibility index (Phi) is 5.81. The van der Waals surface area contributed by atoms with Crippen molar-refractivity contribution in [3.05, 3.63) is 65.7 Å². The Morgan fingerprint density at radius 1 is 1.05 bits per heavy atom. The van der Waals surface area contributed by atoms with Crippen LogP contribution >= 0.6 is 0 Å². The minimum absolute atomic E-state index is 0.146. The fraction of sp³-hybridized carbons (Fsp3) is 0.188. The van der Waals surface area contributed by atoms with Crippen LogP contribution in [-0.2, 0) is 11.3 Å². The Morgan fingerprint density at radius 2 is 1.75 bits per heavy atom. The van der Waals surface area contributed by atoms with Crippen LogP contribution in [0.15, 0.2) is 54.6 Å². The predicted molar refractivity (Wildman–Crippen MR) is 79.2 cm³/mol. The van der Waals surface area contributed by atoms with Gasteiger partial charge in [0.2, 0.25) is 0 Å². The van der Waals surface area contributed by atoms with E-state index >= 15 is 0 Å². The average molecular weight is 335 g/mol. The van der Waals surface area contributed by atoms with Gasteiger partial charge in [0, 0.05) is 0 Å². The second-order valence-corrected chi connectivity index (χ2v) is 5.99. The van der Waals surface area contributed by atoms with Gasteiger partial charge >= 0.3 is 125 Å². The molecule has 0 radical (unpaired) electrons. The number of carbonyl (C=O) groups is 1. The molecule has 0 fully saturated rings. The van der Waals surface area contributed by atoms with Gasteiger partial charge in [-0.25, -0.2) is 0 Å². The number of hydrogen-bond acceptors (Lipinski definition) is 3. The van der Waals surface area contributed by atoms with Crippen LogP contribution in [0.4, 0.5) is 0 Å². The molecule has 0 aliphatic heterocycles. The van der Waals surface area contributed by atoms with Crippen LogP contribution < -0.4 is 4.74 Å². The minimum atomic E-state index is -0.191. The second kappa shape index (κ2) is 7.85. The molecule has 0 aromatic heterocycles. The number of carbonyl (C=O) groups excluding carboxylic acids is 1. The molecule has 2 rings (SSSR count). The van der Waals surface area contributed by atoms with Crippen LogP contribution in [0, 0.1) is 0 Å². The summed E-state index contributed by atoms with van der Waals surface area (Å²) in [6.07, 6.45) is 0. The molecule has 0 heterocycles. The van der Waals surface area contributed by atoms with Crippen molar-refractivity contribution in [2.45, 2.75) is 6.61 Å². The molecule has 2 aromatic carbocycles. The zero-order chi connectivity index (χ0) is 14.2. The Labute approximate surface area is 125 Å². The monoisotopic (exact) mass is 336 g/mol. The van der Waals surface area contributed by atoms with E-state index in [4.69, 9.17) is 9.47 Å². The van der Waals surface area contributed by atoms with Crippen molar-refractivity contribution in [3.8, 4) is 5.75 Å². The molecule has 0 N–H and O–H groups in total. The van der Waals surface area contributed by atoms with Crippen LogP contribution in [0.2, 0.25) is 0 Å². The first kappa shape index (κ1) is 14.8. The first-order chi connectivity index (χ1) is 9.79. The summed E-state index contributed by atoms with van der Waals surface area (Å²) in [6, 6.07) is 17.1. The first-order valence-corrected chi connectivity index (χ1v) is 8.29. The third-order valence-electron chi connectivity index (χ3n) is 2.71. The Hall–Kier alpha value is -1.61. The molecular weight excluding hydrogens is 319 g/mol. The van der Waals surface area contributed by atoms with Crippen molar-refractivity contribution in [1.82, 2.24) is 0 Å². The first-order valence-electron chi connectivity index (χ1n) is 6.22. The van der Waals surface area contributed by atoms with E-state index in [2.05, 4.69) is 0 Å². The van der Waals surface area contributed by atoms with E-state index in [0.29, 0.717) is 17.7 Å². The molecule has 3 nitrogen and oxygen atoms in total. The number of methoxy groups -OCH3 is 1. The molecule has 104 valence electrons. The third kappa shape index (κ3) is 4.49. The van der Waals surface area contributed by atoms with Crippen molar-refractivity contribution < 1.29 is 14.3 Å². The van der Waals surface area contributed by atoms with E-state index in [1.807, 2.05) is 30.3 Å². The van der Waals surface area contributed by atoms with Crippen molar-refractivity contribution in [2.75, 3.05) is 12.6 Å². The summed E-state index contributed by atoms with van der Waals surface area (Å²) in [7, 11) is 1.61. The third-order valence-corrected chi connectivity index (χ3v) is 4.35. The molecule has 4 heteroatoms. The number of rotatable bonds is 7. The van der Waals surface area contributed by atoms with Gasteiger partial charge in [-0.1, -0.05) is 0 Å². The van der Waals surface area contributed by atoms with Gasteiger partial charge < -0.3 is 0 Å². The summed E-state index contributed by atoms with van der Waals surface area (Å²) in [6.45, 7) is 0.554. The molecule has 0 aliphatic rings. The molecule has 0 saturated heterocycles. The summed E-state index contributed by atoms with van der Waals surface area (Å²) < 4.78 is 10.8. The summed E-state index contributed by atoms with van der Waals surface area (Å²) in [5.41, 5.74) is 2.33. The second-order valence-electron chi connectivity index (χ2n) is 4.11. The van der Waals surface area contributed by atoms with Crippen molar-refractivity contribution in [2.24, 2.45) is 0 Å². The van der Waals surface area contributed by atoms with Crippen LogP contribution in [0.25, 0.3) is 0 Å². The van der Waals surface area contributed by atoms with Crippen LogP contribution in [0.3, 0.4) is 0 Å². The van der Waals surface area contributed by atoms with Gasteiger partial charge in [-0.05, 0) is 0 Å².